The van der Waals surface area contributed by atoms with Crippen LogP contribution >= 0.6 is 0 Å². The number of rotatable bonds is 11. The zero-order valence-corrected chi connectivity index (χ0v) is 10.6. The Labute approximate surface area is 94.5 Å². The molecule has 0 aromatic carbocycles. The van der Waals surface area contributed by atoms with E-state index in [0.717, 1.165) is 19.8 Å². The van der Waals surface area contributed by atoms with Gasteiger partial charge in [-0.2, -0.15) is 0 Å². The van der Waals surface area contributed by atoms with Crippen molar-refractivity contribution in [2.45, 2.75) is 45.6 Å². The van der Waals surface area contributed by atoms with Gasteiger partial charge >= 0.3 is 0 Å². The van der Waals surface area contributed by atoms with Crippen molar-refractivity contribution in [2.75, 3.05) is 33.5 Å². The third-order valence-corrected chi connectivity index (χ3v) is 2.20. The molecule has 0 radical (unpaired) electrons. The van der Waals surface area contributed by atoms with Crippen molar-refractivity contribution in [1.29, 1.82) is 0 Å². The molecule has 1 N–H and O–H groups in total. The van der Waals surface area contributed by atoms with Crippen molar-refractivity contribution in [3.8, 4) is 0 Å². The molecule has 0 saturated heterocycles. The minimum atomic E-state index is 0.613. The van der Waals surface area contributed by atoms with E-state index >= 15 is 0 Å². The maximum Gasteiger partial charge on any atom is 0.0700 e. The van der Waals surface area contributed by atoms with Crippen molar-refractivity contribution < 1.29 is 9.47 Å². The summed E-state index contributed by atoms with van der Waals surface area (Å²) in [5.41, 5.74) is 0. The summed E-state index contributed by atoms with van der Waals surface area (Å²) in [6.07, 6.45) is 5.02. The fraction of sp³-hybridized carbons (Fsp3) is 1.00. The first-order chi connectivity index (χ1) is 7.27. The van der Waals surface area contributed by atoms with Crippen molar-refractivity contribution in [3.05, 3.63) is 0 Å². The van der Waals surface area contributed by atoms with Crippen molar-refractivity contribution >= 4 is 0 Å². The van der Waals surface area contributed by atoms with Crippen LogP contribution in [-0.4, -0.2) is 39.5 Å². The average molecular weight is 217 g/mol. The van der Waals surface area contributed by atoms with E-state index in [2.05, 4.69) is 19.2 Å². The molecule has 3 nitrogen and oxygen atoms in total. The quantitative estimate of drug-likeness (QED) is 0.538. The molecule has 3 heteroatoms. The van der Waals surface area contributed by atoms with Crippen LogP contribution in [0.3, 0.4) is 0 Å². The van der Waals surface area contributed by atoms with E-state index in [0.29, 0.717) is 12.6 Å². The molecule has 0 saturated carbocycles. The number of nitrogens with one attached hydrogen (secondary N) is 1. The van der Waals surface area contributed by atoms with E-state index in [1.165, 1.54) is 25.7 Å². The average Bonchev–Trinajstić information content (AvgIpc) is 2.20. The summed E-state index contributed by atoms with van der Waals surface area (Å²) in [7, 11) is 1.70. The zero-order chi connectivity index (χ0) is 11.4. The molecule has 0 aromatic heterocycles. The molecule has 0 fully saturated rings. The second-order valence-electron chi connectivity index (χ2n) is 4.13. The first-order valence-corrected chi connectivity index (χ1v) is 6.07. The van der Waals surface area contributed by atoms with Crippen LogP contribution in [0.1, 0.15) is 39.5 Å². The van der Waals surface area contributed by atoms with Crippen molar-refractivity contribution in [3.63, 3.8) is 0 Å². The third kappa shape index (κ3) is 13.9. The van der Waals surface area contributed by atoms with Gasteiger partial charge in [0.05, 0.1) is 13.2 Å². The van der Waals surface area contributed by atoms with Gasteiger partial charge in [-0.05, 0) is 19.4 Å². The highest BCUT2D eigenvalue weighted by molar-refractivity contribution is 4.52. The maximum atomic E-state index is 5.38. The summed E-state index contributed by atoms with van der Waals surface area (Å²) in [6.45, 7) is 7.82. The molecule has 0 bridgehead atoms. The minimum Gasteiger partial charge on any atom is -0.382 e. The lowest BCUT2D eigenvalue weighted by atomic mass is 10.2. The predicted octanol–water partition coefficient (Wildman–Crippen LogP) is 2.21. The van der Waals surface area contributed by atoms with Crippen LogP contribution in [0.5, 0.6) is 0 Å². The lowest BCUT2D eigenvalue weighted by molar-refractivity contribution is 0.0686. The Kier molecular flexibility index (Phi) is 11.9. The van der Waals surface area contributed by atoms with Crippen LogP contribution in [0.4, 0.5) is 0 Å². The smallest absolute Gasteiger partial charge is 0.0700 e. The molecule has 15 heavy (non-hydrogen) atoms. The summed E-state index contributed by atoms with van der Waals surface area (Å²) in [5.74, 6) is 0. The van der Waals surface area contributed by atoms with E-state index in [9.17, 15) is 0 Å². The van der Waals surface area contributed by atoms with E-state index in [1.54, 1.807) is 7.11 Å². The topological polar surface area (TPSA) is 30.5 Å². The maximum absolute atomic E-state index is 5.38. The highest BCUT2D eigenvalue weighted by Gasteiger charge is 1.93. The molecule has 0 aliphatic rings. The minimum absolute atomic E-state index is 0.613. The molecule has 0 aliphatic carbocycles. The van der Waals surface area contributed by atoms with Gasteiger partial charge in [0.1, 0.15) is 0 Å². The summed E-state index contributed by atoms with van der Waals surface area (Å²) < 4.78 is 10.3. The van der Waals surface area contributed by atoms with Gasteiger partial charge in [0.25, 0.3) is 0 Å². The number of hydrogen-bond donors (Lipinski definition) is 1. The Balaban J connectivity index is 2.87. The molecule has 92 valence electrons. The van der Waals surface area contributed by atoms with E-state index < -0.39 is 0 Å². The van der Waals surface area contributed by atoms with Crippen LogP contribution in [0, 0.1) is 0 Å². The fourth-order valence-corrected chi connectivity index (χ4v) is 1.32. The van der Waals surface area contributed by atoms with E-state index in [-0.39, 0.29) is 0 Å². The van der Waals surface area contributed by atoms with Crippen LogP contribution in [0.15, 0.2) is 0 Å². The first-order valence-electron chi connectivity index (χ1n) is 6.07. The molecule has 0 unspecified atom stereocenters. The van der Waals surface area contributed by atoms with Crippen LogP contribution < -0.4 is 5.32 Å². The van der Waals surface area contributed by atoms with Gasteiger partial charge in [0, 0.05) is 19.8 Å². The summed E-state index contributed by atoms with van der Waals surface area (Å²) in [5, 5.41) is 3.42. The lowest BCUT2D eigenvalue weighted by Gasteiger charge is -2.07. The van der Waals surface area contributed by atoms with Gasteiger partial charge in [-0.3, -0.25) is 0 Å². The SMILES string of the molecule is COCCOCCCCCCNC(C)C. The normalized spacial score (nSPS) is 11.2. The Morgan fingerprint density at radius 1 is 0.933 bits per heavy atom. The van der Waals surface area contributed by atoms with Crippen LogP contribution in [0.25, 0.3) is 0 Å². The molecular formula is C12H27NO2. The first kappa shape index (κ1) is 14.9. The Morgan fingerprint density at radius 3 is 2.33 bits per heavy atom. The Bertz CT molecular complexity index is 118. The van der Waals surface area contributed by atoms with Gasteiger partial charge < -0.3 is 14.8 Å². The number of unbranched alkanes of at least 4 members (excludes halogenated alkanes) is 3. The second-order valence-corrected chi connectivity index (χ2v) is 4.13. The monoisotopic (exact) mass is 217 g/mol. The molecule has 0 aromatic rings. The van der Waals surface area contributed by atoms with Crippen molar-refractivity contribution in [1.82, 2.24) is 5.32 Å². The second kappa shape index (κ2) is 12.0. The predicted molar refractivity (Wildman–Crippen MR) is 64.3 cm³/mol. The summed E-state index contributed by atoms with van der Waals surface area (Å²) >= 11 is 0. The fourth-order valence-electron chi connectivity index (χ4n) is 1.32. The number of hydrogen-bond acceptors (Lipinski definition) is 3. The molecule has 0 heterocycles. The molecule has 0 spiro atoms. The Hall–Kier alpha value is -0.120. The Morgan fingerprint density at radius 2 is 1.67 bits per heavy atom. The van der Waals surface area contributed by atoms with E-state index in [4.69, 9.17) is 9.47 Å². The largest absolute Gasteiger partial charge is 0.382 e. The molecular weight excluding hydrogens is 190 g/mol. The van der Waals surface area contributed by atoms with Gasteiger partial charge in [-0.25, -0.2) is 0 Å². The van der Waals surface area contributed by atoms with E-state index in [1.807, 2.05) is 0 Å². The van der Waals surface area contributed by atoms with Crippen LogP contribution in [0.2, 0.25) is 0 Å². The standard InChI is InChI=1S/C12H27NO2/c1-12(2)13-8-6-4-5-7-9-15-11-10-14-3/h12-13H,4-11H2,1-3H3. The molecule has 0 amide bonds. The van der Waals surface area contributed by atoms with Gasteiger partial charge in [0.15, 0.2) is 0 Å². The van der Waals surface area contributed by atoms with Gasteiger partial charge in [0.2, 0.25) is 0 Å². The molecule has 0 rings (SSSR count). The third-order valence-electron chi connectivity index (χ3n) is 2.20. The zero-order valence-electron chi connectivity index (χ0n) is 10.6. The van der Waals surface area contributed by atoms with Crippen molar-refractivity contribution in [2.24, 2.45) is 0 Å². The van der Waals surface area contributed by atoms with Crippen LogP contribution in [-0.2, 0) is 9.47 Å². The lowest BCUT2D eigenvalue weighted by Crippen LogP contribution is -2.23. The molecule has 0 aliphatic heterocycles. The van der Waals surface area contributed by atoms with Gasteiger partial charge in [-0.1, -0.05) is 26.7 Å². The molecule has 0 atom stereocenters. The number of methoxy groups -OCH3 is 1. The highest BCUT2D eigenvalue weighted by Crippen LogP contribution is 1.99. The summed E-state index contributed by atoms with van der Waals surface area (Å²) in [6, 6.07) is 0.613. The number of ether oxygens (including phenoxy) is 2. The van der Waals surface area contributed by atoms with Gasteiger partial charge in [-0.15, -0.1) is 0 Å². The highest BCUT2D eigenvalue weighted by atomic mass is 16.5. The summed E-state index contributed by atoms with van der Waals surface area (Å²) in [4.78, 5) is 0.